The van der Waals surface area contributed by atoms with Crippen LogP contribution in [0.1, 0.15) is 48.2 Å². The summed E-state index contributed by atoms with van der Waals surface area (Å²) in [6.45, 7) is 0.332. The van der Waals surface area contributed by atoms with Crippen molar-refractivity contribution < 1.29 is 35.9 Å². The van der Waals surface area contributed by atoms with Crippen molar-refractivity contribution in [3.8, 4) is 17.0 Å². The second-order valence-corrected chi connectivity index (χ2v) is 9.38. The van der Waals surface area contributed by atoms with Crippen molar-refractivity contribution in [2.45, 2.75) is 44.3 Å². The number of pyridine rings is 2. The fraction of sp³-hybridized carbons (Fsp3) is 0.346. The minimum absolute atomic E-state index is 0.0110. The standard InChI is InChI=1S/C26H24F6N4O2/c1-13-6-14(8-15(33)7-13)17-4-5-34-11-22(17)36-25(37)21-3-2-18(27)24(35-21)23-19(28)9-16(10-20(23)29)38-12-26(30,31)32/h2-5,9-11,13-15H,6-8,12,33H2,1H3,(H,36,37)/t13-,14+,15+/m0/s1. The van der Waals surface area contributed by atoms with Crippen molar-refractivity contribution >= 4 is 11.6 Å². The van der Waals surface area contributed by atoms with Gasteiger partial charge in [0.25, 0.3) is 5.91 Å². The van der Waals surface area contributed by atoms with Crippen LogP contribution in [0.15, 0.2) is 42.7 Å². The van der Waals surface area contributed by atoms with E-state index in [4.69, 9.17) is 5.73 Å². The molecule has 4 rings (SSSR count). The topological polar surface area (TPSA) is 90.1 Å². The number of carbonyl (C=O) groups excluding carboxylic acids is 1. The van der Waals surface area contributed by atoms with Gasteiger partial charge in [0, 0.05) is 24.4 Å². The molecule has 1 aromatic carbocycles. The summed E-state index contributed by atoms with van der Waals surface area (Å²) in [5.74, 6) is -5.03. The molecule has 0 spiro atoms. The Morgan fingerprint density at radius 3 is 2.45 bits per heavy atom. The van der Waals surface area contributed by atoms with Crippen molar-refractivity contribution in [2.24, 2.45) is 11.7 Å². The fourth-order valence-corrected chi connectivity index (χ4v) is 4.73. The van der Waals surface area contributed by atoms with Gasteiger partial charge < -0.3 is 15.8 Å². The quantitative estimate of drug-likeness (QED) is 0.377. The molecule has 1 amide bonds. The number of benzene rings is 1. The molecule has 1 aliphatic rings. The Kier molecular flexibility index (Phi) is 7.91. The van der Waals surface area contributed by atoms with Gasteiger partial charge in [-0.3, -0.25) is 9.78 Å². The lowest BCUT2D eigenvalue weighted by Crippen LogP contribution is -2.31. The van der Waals surface area contributed by atoms with E-state index in [2.05, 4.69) is 26.9 Å². The summed E-state index contributed by atoms with van der Waals surface area (Å²) in [5, 5.41) is 2.68. The van der Waals surface area contributed by atoms with Gasteiger partial charge in [0.05, 0.1) is 17.4 Å². The van der Waals surface area contributed by atoms with Gasteiger partial charge in [-0.25, -0.2) is 18.2 Å². The number of hydrogen-bond donors (Lipinski definition) is 2. The summed E-state index contributed by atoms with van der Waals surface area (Å²) in [4.78, 5) is 20.9. The molecule has 38 heavy (non-hydrogen) atoms. The van der Waals surface area contributed by atoms with Crippen molar-refractivity contribution in [3.05, 3.63) is 71.4 Å². The maximum absolute atomic E-state index is 14.7. The predicted molar refractivity (Wildman–Crippen MR) is 127 cm³/mol. The summed E-state index contributed by atoms with van der Waals surface area (Å²) in [7, 11) is 0. The maximum Gasteiger partial charge on any atom is 0.422 e. The lowest BCUT2D eigenvalue weighted by atomic mass is 9.76. The first-order valence-electron chi connectivity index (χ1n) is 11.8. The number of nitrogens with two attached hydrogens (primary N) is 1. The van der Waals surface area contributed by atoms with E-state index in [9.17, 15) is 31.1 Å². The van der Waals surface area contributed by atoms with Crippen LogP contribution in [0.25, 0.3) is 11.3 Å². The number of carbonyl (C=O) groups is 1. The number of halogens is 6. The number of ether oxygens (including phenoxy) is 1. The Hall–Kier alpha value is -3.67. The van der Waals surface area contributed by atoms with Gasteiger partial charge >= 0.3 is 6.18 Å². The highest BCUT2D eigenvalue weighted by molar-refractivity contribution is 6.03. The zero-order valence-electron chi connectivity index (χ0n) is 20.2. The molecule has 1 fully saturated rings. The SMILES string of the molecule is C[C@@H]1C[C@@H](N)C[C@H](c2ccncc2NC(=O)c2ccc(F)c(-c3c(F)cc(OCC(F)(F)F)cc3F)n2)C1. The van der Waals surface area contributed by atoms with Crippen LogP contribution in [0, 0.1) is 23.4 Å². The lowest BCUT2D eigenvalue weighted by molar-refractivity contribution is -0.153. The summed E-state index contributed by atoms with van der Waals surface area (Å²) >= 11 is 0. The van der Waals surface area contributed by atoms with E-state index < -0.39 is 53.1 Å². The number of rotatable bonds is 6. The molecule has 3 aromatic rings. The van der Waals surface area contributed by atoms with Crippen molar-refractivity contribution in [2.75, 3.05) is 11.9 Å². The van der Waals surface area contributed by atoms with Gasteiger partial charge in [-0.1, -0.05) is 6.92 Å². The molecule has 3 N–H and O–H groups in total. The highest BCUT2D eigenvalue weighted by Gasteiger charge is 2.30. The highest BCUT2D eigenvalue weighted by atomic mass is 19.4. The first kappa shape index (κ1) is 27.4. The molecule has 2 aromatic heterocycles. The van der Waals surface area contributed by atoms with Gasteiger partial charge in [-0.05, 0) is 54.9 Å². The average Bonchev–Trinajstić information content (AvgIpc) is 2.82. The monoisotopic (exact) mass is 538 g/mol. The molecule has 0 unspecified atom stereocenters. The van der Waals surface area contributed by atoms with Crippen LogP contribution in [-0.2, 0) is 0 Å². The van der Waals surface area contributed by atoms with Gasteiger partial charge in [0.2, 0.25) is 0 Å². The predicted octanol–water partition coefficient (Wildman–Crippen LogP) is 5.99. The van der Waals surface area contributed by atoms with E-state index in [0.717, 1.165) is 37.0 Å². The number of amides is 1. The number of aromatic nitrogens is 2. The fourth-order valence-electron chi connectivity index (χ4n) is 4.73. The smallest absolute Gasteiger partial charge is 0.422 e. The number of nitrogens with one attached hydrogen (secondary N) is 1. The summed E-state index contributed by atoms with van der Waals surface area (Å²) in [6, 6.07) is 4.61. The normalized spacial score (nSPS) is 19.7. The Balaban J connectivity index is 1.60. The molecule has 2 heterocycles. The van der Waals surface area contributed by atoms with Crippen LogP contribution in [-0.4, -0.2) is 34.7 Å². The van der Waals surface area contributed by atoms with Crippen LogP contribution in [0.3, 0.4) is 0 Å². The third-order valence-electron chi connectivity index (χ3n) is 6.26. The number of hydrogen-bond acceptors (Lipinski definition) is 5. The second-order valence-electron chi connectivity index (χ2n) is 9.38. The van der Waals surface area contributed by atoms with Gasteiger partial charge in [0.1, 0.15) is 34.6 Å². The minimum Gasteiger partial charge on any atom is -0.484 e. The molecule has 1 saturated carbocycles. The number of anilines is 1. The molecular formula is C26H24F6N4O2. The Bertz CT molecular complexity index is 1300. The average molecular weight is 538 g/mol. The van der Waals surface area contributed by atoms with Crippen LogP contribution < -0.4 is 15.8 Å². The molecule has 0 saturated heterocycles. The molecule has 12 heteroatoms. The summed E-state index contributed by atoms with van der Waals surface area (Å²) in [6.07, 6.45) is 0.807. The van der Waals surface area contributed by atoms with Crippen molar-refractivity contribution in [3.63, 3.8) is 0 Å². The zero-order valence-corrected chi connectivity index (χ0v) is 20.2. The van der Waals surface area contributed by atoms with Crippen molar-refractivity contribution in [1.82, 2.24) is 9.97 Å². The molecule has 202 valence electrons. The molecular weight excluding hydrogens is 514 g/mol. The van der Waals surface area contributed by atoms with Gasteiger partial charge in [-0.2, -0.15) is 13.2 Å². The van der Waals surface area contributed by atoms with Gasteiger partial charge in [0.15, 0.2) is 6.61 Å². The van der Waals surface area contributed by atoms with E-state index in [1.54, 1.807) is 12.3 Å². The zero-order chi connectivity index (χ0) is 27.6. The van der Waals surface area contributed by atoms with E-state index in [1.165, 1.54) is 6.20 Å². The lowest BCUT2D eigenvalue weighted by Gasteiger charge is -2.32. The molecule has 0 aliphatic heterocycles. The first-order chi connectivity index (χ1) is 17.9. The second kappa shape index (κ2) is 11.0. The number of nitrogens with zero attached hydrogens (tertiary/aromatic N) is 2. The van der Waals surface area contributed by atoms with Crippen LogP contribution in [0.5, 0.6) is 5.75 Å². The first-order valence-corrected chi connectivity index (χ1v) is 11.8. The van der Waals surface area contributed by atoms with Gasteiger partial charge in [-0.15, -0.1) is 0 Å². The minimum atomic E-state index is -4.73. The molecule has 0 radical (unpaired) electrons. The Morgan fingerprint density at radius 1 is 1.08 bits per heavy atom. The van der Waals surface area contributed by atoms with Crippen LogP contribution >= 0.6 is 0 Å². The Labute approximate surface area is 214 Å². The van der Waals surface area contributed by atoms with E-state index in [0.29, 0.717) is 23.7 Å². The maximum atomic E-state index is 14.7. The van der Waals surface area contributed by atoms with Crippen molar-refractivity contribution in [1.29, 1.82) is 0 Å². The summed E-state index contributed by atoms with van der Waals surface area (Å²) in [5.41, 5.74) is 5.28. The molecule has 0 bridgehead atoms. The molecule has 1 aliphatic carbocycles. The van der Waals surface area contributed by atoms with E-state index >= 15 is 0 Å². The number of alkyl halides is 3. The highest BCUT2D eigenvalue weighted by Crippen LogP contribution is 2.38. The third kappa shape index (κ3) is 6.42. The van der Waals surface area contributed by atoms with Crippen LogP contribution in [0.2, 0.25) is 0 Å². The molecule has 3 atom stereocenters. The van der Waals surface area contributed by atoms with E-state index in [1.807, 2.05) is 0 Å². The third-order valence-corrected chi connectivity index (χ3v) is 6.26. The molecule has 6 nitrogen and oxygen atoms in total. The Morgan fingerprint density at radius 2 is 1.79 bits per heavy atom. The van der Waals surface area contributed by atoms with E-state index in [-0.39, 0.29) is 17.7 Å². The summed E-state index contributed by atoms with van der Waals surface area (Å²) < 4.78 is 85.3. The van der Waals surface area contributed by atoms with Crippen LogP contribution in [0.4, 0.5) is 32.0 Å². The largest absolute Gasteiger partial charge is 0.484 e.